The molecule has 4 nitrogen and oxygen atoms in total. The zero-order chi connectivity index (χ0) is 13.9. The normalized spacial score (nSPS) is 24.9. The zero-order valence-corrected chi connectivity index (χ0v) is 12.2. The van der Waals surface area contributed by atoms with Crippen LogP contribution in [-0.2, 0) is 9.59 Å². The molecule has 1 fully saturated rings. The number of nitrogens with zero attached hydrogens (tertiary/aromatic N) is 1. The van der Waals surface area contributed by atoms with Crippen molar-refractivity contribution in [2.45, 2.75) is 59.5 Å². The summed E-state index contributed by atoms with van der Waals surface area (Å²) in [4.78, 5) is 26.4. The van der Waals surface area contributed by atoms with Crippen molar-refractivity contribution in [1.29, 1.82) is 0 Å². The van der Waals surface area contributed by atoms with Gasteiger partial charge in [0.1, 0.15) is 12.1 Å². The number of carbonyl (C=O) groups excluding carboxylic acids is 2. The van der Waals surface area contributed by atoms with Crippen molar-refractivity contribution in [2.24, 2.45) is 11.8 Å². The highest BCUT2D eigenvalue weighted by Gasteiger charge is 2.41. The second-order valence-corrected chi connectivity index (χ2v) is 5.92. The molecule has 0 radical (unpaired) electrons. The first-order chi connectivity index (χ1) is 8.38. The molecule has 4 heteroatoms. The van der Waals surface area contributed by atoms with E-state index in [9.17, 15) is 9.59 Å². The molecule has 1 saturated heterocycles. The predicted octanol–water partition coefficient (Wildman–Crippen LogP) is 1.79. The molecule has 0 aliphatic carbocycles. The summed E-state index contributed by atoms with van der Waals surface area (Å²) >= 11 is 0. The van der Waals surface area contributed by atoms with E-state index >= 15 is 0 Å². The maximum atomic E-state index is 12.4. The summed E-state index contributed by atoms with van der Waals surface area (Å²) in [6.07, 6.45) is 1.63. The van der Waals surface area contributed by atoms with Gasteiger partial charge in [0.25, 0.3) is 0 Å². The smallest absolute Gasteiger partial charge is 0.245 e. The summed E-state index contributed by atoms with van der Waals surface area (Å²) in [5.41, 5.74) is 0. The van der Waals surface area contributed by atoms with Crippen molar-refractivity contribution in [3.63, 3.8) is 0 Å². The number of amides is 2. The Hall–Kier alpha value is -1.06. The Morgan fingerprint density at radius 1 is 1.22 bits per heavy atom. The van der Waals surface area contributed by atoms with Crippen LogP contribution in [0.3, 0.4) is 0 Å². The first kappa shape index (κ1) is 15.0. The lowest BCUT2D eigenvalue weighted by molar-refractivity contribution is -0.152. The molecule has 0 bridgehead atoms. The molecule has 0 saturated carbocycles. The number of hydrogen-bond acceptors (Lipinski definition) is 2. The highest BCUT2D eigenvalue weighted by atomic mass is 16.2. The van der Waals surface area contributed by atoms with Crippen LogP contribution < -0.4 is 5.32 Å². The first-order valence-corrected chi connectivity index (χ1v) is 6.99. The van der Waals surface area contributed by atoms with Crippen molar-refractivity contribution in [3.8, 4) is 0 Å². The van der Waals surface area contributed by atoms with Gasteiger partial charge in [0.05, 0.1) is 0 Å². The van der Waals surface area contributed by atoms with Crippen molar-refractivity contribution in [1.82, 2.24) is 10.2 Å². The molecule has 1 rings (SSSR count). The van der Waals surface area contributed by atoms with Crippen LogP contribution in [0.4, 0.5) is 0 Å². The molecular formula is C14H26N2O2. The Morgan fingerprint density at radius 3 is 2.28 bits per heavy atom. The van der Waals surface area contributed by atoms with Gasteiger partial charge in [-0.05, 0) is 18.3 Å². The first-order valence-electron chi connectivity index (χ1n) is 6.99. The monoisotopic (exact) mass is 254 g/mol. The van der Waals surface area contributed by atoms with E-state index in [1.54, 1.807) is 4.90 Å². The lowest BCUT2D eigenvalue weighted by Crippen LogP contribution is -2.65. The van der Waals surface area contributed by atoms with Crippen LogP contribution in [0.25, 0.3) is 0 Å². The number of rotatable bonds is 5. The van der Waals surface area contributed by atoms with Gasteiger partial charge in [-0.1, -0.05) is 41.0 Å². The average molecular weight is 254 g/mol. The summed E-state index contributed by atoms with van der Waals surface area (Å²) in [7, 11) is 0. The van der Waals surface area contributed by atoms with Crippen molar-refractivity contribution in [3.05, 3.63) is 0 Å². The Labute approximate surface area is 110 Å². The lowest BCUT2D eigenvalue weighted by Gasteiger charge is -2.41. The van der Waals surface area contributed by atoms with Gasteiger partial charge in [-0.2, -0.15) is 0 Å². The Bertz CT molecular complexity index is 313. The fourth-order valence-corrected chi connectivity index (χ4v) is 2.54. The molecule has 104 valence electrons. The number of carbonyl (C=O) groups is 2. The minimum atomic E-state index is -0.323. The van der Waals surface area contributed by atoms with Crippen LogP contribution in [0.5, 0.6) is 0 Å². The highest BCUT2D eigenvalue weighted by Crippen LogP contribution is 2.20. The summed E-state index contributed by atoms with van der Waals surface area (Å²) in [5, 5.41) is 2.87. The van der Waals surface area contributed by atoms with Gasteiger partial charge < -0.3 is 10.2 Å². The predicted molar refractivity (Wildman–Crippen MR) is 72.0 cm³/mol. The molecule has 0 aromatic carbocycles. The quantitative estimate of drug-likeness (QED) is 0.813. The molecule has 1 heterocycles. The fraction of sp³-hybridized carbons (Fsp3) is 0.857. The van der Waals surface area contributed by atoms with E-state index in [1.165, 1.54) is 0 Å². The molecule has 0 aromatic heterocycles. The second-order valence-electron chi connectivity index (χ2n) is 5.92. The van der Waals surface area contributed by atoms with Crippen molar-refractivity contribution < 1.29 is 9.59 Å². The van der Waals surface area contributed by atoms with Gasteiger partial charge in [-0.3, -0.25) is 9.59 Å². The van der Waals surface area contributed by atoms with Crippen LogP contribution in [0.1, 0.15) is 47.5 Å². The largest absolute Gasteiger partial charge is 0.342 e. The number of nitrogens with one attached hydrogen (secondary N) is 1. The fourth-order valence-electron chi connectivity index (χ4n) is 2.54. The third-order valence-electron chi connectivity index (χ3n) is 3.27. The van der Waals surface area contributed by atoms with E-state index in [0.717, 1.165) is 12.8 Å². The average Bonchev–Trinajstić information content (AvgIpc) is 2.24. The molecule has 2 atom stereocenters. The van der Waals surface area contributed by atoms with E-state index < -0.39 is 0 Å². The zero-order valence-electron chi connectivity index (χ0n) is 12.2. The molecule has 0 spiro atoms. The topological polar surface area (TPSA) is 49.4 Å². The second kappa shape index (κ2) is 6.21. The van der Waals surface area contributed by atoms with Gasteiger partial charge in [-0.25, -0.2) is 0 Å². The third-order valence-corrected chi connectivity index (χ3v) is 3.27. The summed E-state index contributed by atoms with van der Waals surface area (Å²) in [5.74, 6) is 0.617. The van der Waals surface area contributed by atoms with Crippen molar-refractivity contribution >= 4 is 11.8 Å². The van der Waals surface area contributed by atoms with Crippen LogP contribution >= 0.6 is 0 Å². The molecule has 0 aromatic rings. The van der Waals surface area contributed by atoms with Crippen LogP contribution in [0.2, 0.25) is 0 Å². The third kappa shape index (κ3) is 3.24. The Kier molecular flexibility index (Phi) is 5.17. The van der Waals surface area contributed by atoms with Crippen LogP contribution in [0, 0.1) is 11.8 Å². The molecule has 2 amide bonds. The van der Waals surface area contributed by atoms with E-state index in [4.69, 9.17) is 0 Å². The van der Waals surface area contributed by atoms with Gasteiger partial charge in [0, 0.05) is 6.54 Å². The van der Waals surface area contributed by atoms with E-state index in [0.29, 0.717) is 12.5 Å². The minimum absolute atomic E-state index is 0.00343. The molecule has 1 aliphatic heterocycles. The lowest BCUT2D eigenvalue weighted by atomic mass is 9.94. The highest BCUT2D eigenvalue weighted by molar-refractivity contribution is 5.97. The molecule has 1 N–H and O–H groups in total. The molecule has 1 aliphatic rings. The van der Waals surface area contributed by atoms with E-state index in [2.05, 4.69) is 19.2 Å². The number of piperazine rings is 1. The minimum Gasteiger partial charge on any atom is -0.342 e. The molecular weight excluding hydrogens is 228 g/mol. The Morgan fingerprint density at radius 2 is 1.83 bits per heavy atom. The molecule has 2 unspecified atom stereocenters. The van der Waals surface area contributed by atoms with Gasteiger partial charge in [-0.15, -0.1) is 0 Å². The standard InChI is InChI=1S/C14H26N2O2/c1-6-7-11-14(18)16(8-9(2)3)12(10(4)5)13(17)15-11/h9-12H,6-8H2,1-5H3,(H,15,17). The maximum Gasteiger partial charge on any atom is 0.245 e. The van der Waals surface area contributed by atoms with Gasteiger partial charge in [0.15, 0.2) is 0 Å². The SMILES string of the molecule is CCCC1NC(=O)C(C(C)C)N(CC(C)C)C1=O. The summed E-state index contributed by atoms with van der Waals surface area (Å²) < 4.78 is 0. The van der Waals surface area contributed by atoms with Crippen LogP contribution in [0.15, 0.2) is 0 Å². The van der Waals surface area contributed by atoms with E-state index in [-0.39, 0.29) is 29.8 Å². The summed E-state index contributed by atoms with van der Waals surface area (Å²) in [6, 6.07) is -0.635. The number of hydrogen-bond donors (Lipinski definition) is 1. The van der Waals surface area contributed by atoms with Crippen molar-refractivity contribution in [2.75, 3.05) is 6.54 Å². The maximum absolute atomic E-state index is 12.4. The van der Waals surface area contributed by atoms with Crippen LogP contribution in [-0.4, -0.2) is 35.3 Å². The summed E-state index contributed by atoms with van der Waals surface area (Å²) in [6.45, 7) is 10.8. The van der Waals surface area contributed by atoms with Gasteiger partial charge in [0.2, 0.25) is 11.8 Å². The Balaban J connectivity index is 2.93. The van der Waals surface area contributed by atoms with E-state index in [1.807, 2.05) is 20.8 Å². The molecule has 18 heavy (non-hydrogen) atoms. The van der Waals surface area contributed by atoms with Gasteiger partial charge >= 0.3 is 0 Å².